The van der Waals surface area contributed by atoms with E-state index in [1.807, 2.05) is 19.1 Å². The quantitative estimate of drug-likeness (QED) is 0.533. The summed E-state index contributed by atoms with van der Waals surface area (Å²) in [7, 11) is 0. The molecule has 0 fully saturated rings. The number of amides is 1. The van der Waals surface area contributed by atoms with E-state index in [1.165, 1.54) is 0 Å². The minimum absolute atomic E-state index is 0.236. The van der Waals surface area contributed by atoms with E-state index in [-0.39, 0.29) is 6.61 Å². The van der Waals surface area contributed by atoms with E-state index in [1.54, 1.807) is 12.1 Å². The highest BCUT2D eigenvalue weighted by atomic mass is 16.5. The van der Waals surface area contributed by atoms with Gasteiger partial charge in [-0.2, -0.15) is 0 Å². The second-order valence-electron chi connectivity index (χ2n) is 2.65. The lowest BCUT2D eigenvalue weighted by Crippen LogP contribution is -2.08. The Morgan fingerprint density at radius 2 is 2.21 bits per heavy atom. The van der Waals surface area contributed by atoms with Crippen LogP contribution in [0.2, 0.25) is 0 Å². The Morgan fingerprint density at radius 3 is 2.86 bits per heavy atom. The van der Waals surface area contributed by atoms with Crippen molar-refractivity contribution in [2.75, 3.05) is 6.61 Å². The molecule has 0 aliphatic heterocycles. The highest BCUT2D eigenvalue weighted by molar-refractivity contribution is 5.82. The van der Waals surface area contributed by atoms with E-state index < -0.39 is 5.91 Å². The Balaban J connectivity index is 2.58. The van der Waals surface area contributed by atoms with Crippen molar-refractivity contribution in [2.45, 2.75) is 6.92 Å². The molecule has 0 aromatic heterocycles. The molecule has 1 amide bonds. The number of rotatable bonds is 3. The van der Waals surface area contributed by atoms with Crippen LogP contribution in [-0.4, -0.2) is 18.6 Å². The molecule has 0 atom stereocenters. The molecule has 0 radical (unpaired) electrons. The predicted molar refractivity (Wildman–Crippen MR) is 49.8 cm³/mol. The SMILES string of the molecule is Cc1ccccc1OCC(=O)N=C=O. The molecule has 0 heterocycles. The molecule has 0 saturated carbocycles. The molecule has 14 heavy (non-hydrogen) atoms. The number of aliphatic imine (C=N–C) groups is 1. The average Bonchev–Trinajstić information content (AvgIpc) is 2.17. The summed E-state index contributed by atoms with van der Waals surface area (Å²) in [5.41, 5.74) is 0.926. The molecule has 1 aromatic rings. The fraction of sp³-hybridized carbons (Fsp3) is 0.200. The van der Waals surface area contributed by atoms with Crippen LogP contribution in [0, 0.1) is 6.92 Å². The summed E-state index contributed by atoms with van der Waals surface area (Å²) < 4.78 is 5.13. The van der Waals surface area contributed by atoms with Crippen LogP contribution in [0.25, 0.3) is 0 Å². The minimum atomic E-state index is -0.636. The van der Waals surface area contributed by atoms with Crippen molar-refractivity contribution in [3.8, 4) is 5.75 Å². The van der Waals surface area contributed by atoms with Gasteiger partial charge in [-0.1, -0.05) is 18.2 Å². The van der Waals surface area contributed by atoms with Crippen LogP contribution in [0.15, 0.2) is 29.3 Å². The monoisotopic (exact) mass is 191 g/mol. The number of benzene rings is 1. The Bertz CT molecular complexity index is 381. The largest absolute Gasteiger partial charge is 0.483 e. The van der Waals surface area contributed by atoms with E-state index in [0.717, 1.165) is 11.6 Å². The van der Waals surface area contributed by atoms with Crippen LogP contribution in [0.1, 0.15) is 5.56 Å². The van der Waals surface area contributed by atoms with Crippen LogP contribution in [0.4, 0.5) is 0 Å². The van der Waals surface area contributed by atoms with Gasteiger partial charge in [-0.3, -0.25) is 4.79 Å². The number of nitrogens with zero attached hydrogens (tertiary/aromatic N) is 1. The Labute approximate surface area is 81.2 Å². The minimum Gasteiger partial charge on any atom is -0.483 e. The zero-order valence-corrected chi connectivity index (χ0v) is 7.69. The molecule has 0 spiro atoms. The van der Waals surface area contributed by atoms with Crippen molar-refractivity contribution >= 4 is 12.0 Å². The van der Waals surface area contributed by atoms with Gasteiger partial charge in [0, 0.05) is 0 Å². The van der Waals surface area contributed by atoms with Crippen molar-refractivity contribution in [3.05, 3.63) is 29.8 Å². The smallest absolute Gasteiger partial charge is 0.294 e. The lowest BCUT2D eigenvalue weighted by molar-refractivity contribution is -0.119. The van der Waals surface area contributed by atoms with Crippen LogP contribution < -0.4 is 4.74 Å². The second-order valence-corrected chi connectivity index (χ2v) is 2.65. The van der Waals surface area contributed by atoms with Gasteiger partial charge < -0.3 is 4.74 Å². The zero-order valence-electron chi connectivity index (χ0n) is 7.69. The molecule has 0 aliphatic carbocycles. The van der Waals surface area contributed by atoms with Crippen LogP contribution in [0.3, 0.4) is 0 Å². The summed E-state index contributed by atoms with van der Waals surface area (Å²) in [5, 5.41) is 0. The molecule has 0 saturated heterocycles. The molecule has 0 N–H and O–H groups in total. The second kappa shape index (κ2) is 4.94. The summed E-state index contributed by atoms with van der Waals surface area (Å²) in [5.74, 6) is -0.0230. The van der Waals surface area contributed by atoms with Gasteiger partial charge in [0.2, 0.25) is 6.08 Å². The van der Waals surface area contributed by atoms with E-state index in [4.69, 9.17) is 4.74 Å². The number of aryl methyl sites for hydroxylation is 1. The summed E-state index contributed by atoms with van der Waals surface area (Å²) in [4.78, 5) is 23.4. The molecular formula is C10H9NO3. The number of para-hydroxylation sites is 1. The maximum Gasteiger partial charge on any atom is 0.294 e. The summed E-state index contributed by atoms with van der Waals surface area (Å²) in [6.07, 6.45) is 1.16. The first-order valence-corrected chi connectivity index (χ1v) is 4.03. The molecule has 0 aliphatic rings. The molecular weight excluding hydrogens is 182 g/mol. The summed E-state index contributed by atoms with van der Waals surface area (Å²) in [6.45, 7) is 1.63. The maximum atomic E-state index is 10.8. The first-order valence-electron chi connectivity index (χ1n) is 4.03. The summed E-state index contributed by atoms with van der Waals surface area (Å²) in [6, 6.07) is 7.28. The lowest BCUT2D eigenvalue weighted by atomic mass is 10.2. The van der Waals surface area contributed by atoms with Crippen molar-refractivity contribution in [1.29, 1.82) is 0 Å². The normalized spacial score (nSPS) is 8.93. The highest BCUT2D eigenvalue weighted by Crippen LogP contribution is 2.15. The zero-order chi connectivity index (χ0) is 10.4. The summed E-state index contributed by atoms with van der Waals surface area (Å²) >= 11 is 0. The third kappa shape index (κ3) is 2.84. The molecule has 4 heteroatoms. The fourth-order valence-corrected chi connectivity index (χ4v) is 0.941. The van der Waals surface area contributed by atoms with Crippen molar-refractivity contribution in [2.24, 2.45) is 4.99 Å². The average molecular weight is 191 g/mol. The standard InChI is InChI=1S/C10H9NO3/c1-8-4-2-3-5-9(8)14-6-10(13)11-7-12/h2-5H,6H2,1H3. The number of isocyanates is 1. The lowest BCUT2D eigenvalue weighted by Gasteiger charge is -2.05. The van der Waals surface area contributed by atoms with Gasteiger partial charge in [0.1, 0.15) is 5.75 Å². The molecule has 4 nitrogen and oxygen atoms in total. The number of carbonyl (C=O) groups excluding carboxylic acids is 2. The van der Waals surface area contributed by atoms with Crippen LogP contribution in [-0.2, 0) is 9.59 Å². The Kier molecular flexibility index (Phi) is 3.58. The fourth-order valence-electron chi connectivity index (χ4n) is 0.941. The van der Waals surface area contributed by atoms with Gasteiger partial charge >= 0.3 is 0 Å². The maximum absolute atomic E-state index is 10.8. The van der Waals surface area contributed by atoms with Crippen molar-refractivity contribution in [3.63, 3.8) is 0 Å². The van der Waals surface area contributed by atoms with Crippen molar-refractivity contribution < 1.29 is 14.3 Å². The van der Waals surface area contributed by atoms with Crippen molar-refractivity contribution in [1.82, 2.24) is 0 Å². The van der Waals surface area contributed by atoms with E-state index in [2.05, 4.69) is 4.99 Å². The Hall–Kier alpha value is -1.93. The van der Waals surface area contributed by atoms with Gasteiger partial charge in [-0.15, -0.1) is 4.99 Å². The molecule has 0 unspecified atom stereocenters. The van der Waals surface area contributed by atoms with Gasteiger partial charge in [0.15, 0.2) is 6.61 Å². The Morgan fingerprint density at radius 1 is 1.50 bits per heavy atom. The van der Waals surface area contributed by atoms with Gasteiger partial charge in [0.25, 0.3) is 5.91 Å². The van der Waals surface area contributed by atoms with E-state index >= 15 is 0 Å². The number of carbonyl (C=O) groups is 1. The molecule has 72 valence electrons. The van der Waals surface area contributed by atoms with Crippen LogP contribution in [0.5, 0.6) is 5.75 Å². The van der Waals surface area contributed by atoms with E-state index in [0.29, 0.717) is 5.75 Å². The third-order valence-electron chi connectivity index (χ3n) is 1.62. The van der Waals surface area contributed by atoms with Gasteiger partial charge in [0.05, 0.1) is 0 Å². The van der Waals surface area contributed by atoms with Gasteiger partial charge in [-0.05, 0) is 18.6 Å². The first-order chi connectivity index (χ1) is 6.74. The number of ether oxygens (including phenoxy) is 1. The highest BCUT2D eigenvalue weighted by Gasteiger charge is 2.02. The molecule has 1 aromatic carbocycles. The number of hydrogen-bond donors (Lipinski definition) is 0. The van der Waals surface area contributed by atoms with Gasteiger partial charge in [-0.25, -0.2) is 4.79 Å². The molecule has 0 bridgehead atoms. The molecule has 1 rings (SSSR count). The van der Waals surface area contributed by atoms with E-state index in [9.17, 15) is 9.59 Å². The third-order valence-corrected chi connectivity index (χ3v) is 1.62. The number of hydrogen-bond acceptors (Lipinski definition) is 3. The van der Waals surface area contributed by atoms with Crippen LogP contribution >= 0.6 is 0 Å². The topological polar surface area (TPSA) is 55.7 Å². The first kappa shape index (κ1) is 10.2. The predicted octanol–water partition coefficient (Wildman–Crippen LogP) is 1.24.